The van der Waals surface area contributed by atoms with E-state index < -0.39 is 0 Å². The Morgan fingerprint density at radius 1 is 1.30 bits per heavy atom. The van der Waals surface area contributed by atoms with Crippen LogP contribution in [0.4, 0.5) is 0 Å². The molecule has 1 fully saturated rings. The van der Waals surface area contributed by atoms with Crippen molar-refractivity contribution in [3.8, 4) is 0 Å². The maximum absolute atomic E-state index is 12.4. The van der Waals surface area contributed by atoms with E-state index in [-0.39, 0.29) is 23.8 Å². The van der Waals surface area contributed by atoms with Crippen LogP contribution >= 0.6 is 0 Å². The lowest BCUT2D eigenvalue weighted by atomic mass is 10.00. The summed E-state index contributed by atoms with van der Waals surface area (Å²) in [6, 6.07) is 8.37. The van der Waals surface area contributed by atoms with Gasteiger partial charge < -0.3 is 10.2 Å². The Kier molecular flexibility index (Phi) is 5.80. The molecule has 1 aliphatic rings. The van der Waals surface area contributed by atoms with Crippen molar-refractivity contribution in [2.75, 3.05) is 6.54 Å². The lowest BCUT2D eigenvalue weighted by molar-refractivity contribution is -0.129. The summed E-state index contributed by atoms with van der Waals surface area (Å²) in [5, 5.41) is 3.10. The predicted molar refractivity (Wildman–Crippen MR) is 91.8 cm³/mol. The van der Waals surface area contributed by atoms with Crippen LogP contribution in [0.5, 0.6) is 0 Å². The van der Waals surface area contributed by atoms with E-state index in [1.807, 2.05) is 19.1 Å². The summed E-state index contributed by atoms with van der Waals surface area (Å²) < 4.78 is 0. The molecule has 0 bridgehead atoms. The number of carbonyl (C=O) groups excluding carboxylic acids is 2. The van der Waals surface area contributed by atoms with Crippen LogP contribution in [0, 0.1) is 18.8 Å². The second-order valence-corrected chi connectivity index (χ2v) is 6.93. The number of nitrogens with zero attached hydrogens (tertiary/aromatic N) is 1. The zero-order valence-corrected chi connectivity index (χ0v) is 14.6. The Labute approximate surface area is 139 Å². The zero-order valence-electron chi connectivity index (χ0n) is 14.6. The molecule has 0 saturated carbocycles. The molecule has 23 heavy (non-hydrogen) atoms. The van der Waals surface area contributed by atoms with Gasteiger partial charge in [0.2, 0.25) is 11.8 Å². The van der Waals surface area contributed by atoms with Gasteiger partial charge in [0, 0.05) is 25.6 Å². The Morgan fingerprint density at radius 2 is 1.96 bits per heavy atom. The van der Waals surface area contributed by atoms with Crippen LogP contribution in [-0.4, -0.2) is 29.3 Å². The van der Waals surface area contributed by atoms with Gasteiger partial charge in [-0.2, -0.15) is 0 Å². The summed E-state index contributed by atoms with van der Waals surface area (Å²) in [6.45, 7) is 9.45. The molecule has 126 valence electrons. The van der Waals surface area contributed by atoms with E-state index in [2.05, 4.69) is 38.2 Å². The number of rotatable bonds is 6. The molecule has 0 aliphatic carbocycles. The summed E-state index contributed by atoms with van der Waals surface area (Å²) >= 11 is 0. The van der Waals surface area contributed by atoms with Crippen molar-refractivity contribution in [1.29, 1.82) is 0 Å². The molecule has 2 rings (SSSR count). The average molecular weight is 316 g/mol. The normalized spacial score (nSPS) is 19.3. The third kappa shape index (κ3) is 4.57. The SMILES string of the molecule is CCC(NC(=O)C1CC(=O)N(Cc2ccc(C)cc2)C1)C(C)C. The van der Waals surface area contributed by atoms with Crippen molar-refractivity contribution in [3.05, 3.63) is 35.4 Å². The van der Waals surface area contributed by atoms with Crippen LogP contribution in [-0.2, 0) is 16.1 Å². The number of aryl methyl sites for hydroxylation is 1. The molecule has 1 aliphatic heterocycles. The molecular weight excluding hydrogens is 288 g/mol. The quantitative estimate of drug-likeness (QED) is 0.877. The van der Waals surface area contributed by atoms with E-state index in [9.17, 15) is 9.59 Å². The molecule has 0 radical (unpaired) electrons. The number of carbonyl (C=O) groups is 2. The minimum Gasteiger partial charge on any atom is -0.353 e. The average Bonchev–Trinajstić information content (AvgIpc) is 2.87. The summed E-state index contributed by atoms with van der Waals surface area (Å²) in [5.74, 6) is 0.277. The lowest BCUT2D eigenvalue weighted by Crippen LogP contribution is -2.42. The zero-order chi connectivity index (χ0) is 17.0. The molecule has 1 saturated heterocycles. The standard InChI is InChI=1S/C19H28N2O2/c1-5-17(13(2)3)20-19(23)16-10-18(22)21(12-16)11-15-8-6-14(4)7-9-15/h6-9,13,16-17H,5,10-12H2,1-4H3,(H,20,23). The van der Waals surface area contributed by atoms with Gasteiger partial charge in [0.25, 0.3) is 0 Å². The van der Waals surface area contributed by atoms with Crippen molar-refractivity contribution in [2.45, 2.75) is 53.1 Å². The first-order chi connectivity index (χ1) is 10.9. The van der Waals surface area contributed by atoms with E-state index in [0.29, 0.717) is 25.4 Å². The highest BCUT2D eigenvalue weighted by Gasteiger charge is 2.35. The molecular formula is C19H28N2O2. The van der Waals surface area contributed by atoms with Gasteiger partial charge in [-0.05, 0) is 24.8 Å². The number of amides is 2. The third-order valence-electron chi connectivity index (χ3n) is 4.65. The Hall–Kier alpha value is -1.84. The summed E-state index contributed by atoms with van der Waals surface area (Å²) in [5.41, 5.74) is 2.32. The van der Waals surface area contributed by atoms with E-state index in [1.54, 1.807) is 4.90 Å². The predicted octanol–water partition coefficient (Wildman–Crippen LogP) is 2.89. The van der Waals surface area contributed by atoms with Gasteiger partial charge in [0.05, 0.1) is 5.92 Å². The summed E-state index contributed by atoms with van der Waals surface area (Å²) in [4.78, 5) is 26.4. The van der Waals surface area contributed by atoms with Crippen molar-refractivity contribution in [3.63, 3.8) is 0 Å². The van der Waals surface area contributed by atoms with Crippen molar-refractivity contribution >= 4 is 11.8 Å². The van der Waals surface area contributed by atoms with Gasteiger partial charge in [-0.1, -0.05) is 50.6 Å². The van der Waals surface area contributed by atoms with Gasteiger partial charge in [-0.3, -0.25) is 9.59 Å². The van der Waals surface area contributed by atoms with Crippen LogP contribution in [0.1, 0.15) is 44.7 Å². The van der Waals surface area contributed by atoms with Crippen molar-refractivity contribution in [2.24, 2.45) is 11.8 Å². The summed E-state index contributed by atoms with van der Waals surface area (Å²) in [7, 11) is 0. The van der Waals surface area contributed by atoms with Crippen molar-refractivity contribution < 1.29 is 9.59 Å². The highest BCUT2D eigenvalue weighted by Crippen LogP contribution is 2.21. The van der Waals surface area contributed by atoms with Gasteiger partial charge in [-0.15, -0.1) is 0 Å². The molecule has 1 N–H and O–H groups in total. The largest absolute Gasteiger partial charge is 0.353 e. The van der Waals surface area contributed by atoms with Gasteiger partial charge >= 0.3 is 0 Å². The van der Waals surface area contributed by atoms with Crippen LogP contribution in [0.2, 0.25) is 0 Å². The van der Waals surface area contributed by atoms with E-state index in [0.717, 1.165) is 12.0 Å². The Bertz CT molecular complexity index is 551. The fraction of sp³-hybridized carbons (Fsp3) is 0.579. The molecule has 1 aromatic carbocycles. The molecule has 2 amide bonds. The van der Waals surface area contributed by atoms with E-state index >= 15 is 0 Å². The molecule has 1 heterocycles. The van der Waals surface area contributed by atoms with Gasteiger partial charge in [-0.25, -0.2) is 0 Å². The first-order valence-electron chi connectivity index (χ1n) is 8.54. The number of hydrogen-bond donors (Lipinski definition) is 1. The molecule has 4 nitrogen and oxygen atoms in total. The first-order valence-corrected chi connectivity index (χ1v) is 8.54. The number of nitrogens with one attached hydrogen (secondary N) is 1. The Balaban J connectivity index is 1.93. The first kappa shape index (κ1) is 17.5. The van der Waals surface area contributed by atoms with Crippen LogP contribution in [0.3, 0.4) is 0 Å². The second-order valence-electron chi connectivity index (χ2n) is 6.93. The second kappa shape index (κ2) is 7.62. The van der Waals surface area contributed by atoms with E-state index in [1.165, 1.54) is 5.56 Å². The lowest BCUT2D eigenvalue weighted by Gasteiger charge is -2.23. The molecule has 2 atom stereocenters. The summed E-state index contributed by atoms with van der Waals surface area (Å²) in [6.07, 6.45) is 1.24. The molecule has 0 spiro atoms. The van der Waals surface area contributed by atoms with Crippen LogP contribution < -0.4 is 5.32 Å². The molecule has 2 unspecified atom stereocenters. The van der Waals surface area contributed by atoms with Gasteiger partial charge in [0.15, 0.2) is 0 Å². The topological polar surface area (TPSA) is 49.4 Å². The highest BCUT2D eigenvalue weighted by molar-refractivity contribution is 5.89. The number of likely N-dealkylation sites (tertiary alicyclic amines) is 1. The monoisotopic (exact) mass is 316 g/mol. The van der Waals surface area contributed by atoms with Crippen LogP contribution in [0.15, 0.2) is 24.3 Å². The Morgan fingerprint density at radius 3 is 2.52 bits per heavy atom. The highest BCUT2D eigenvalue weighted by atomic mass is 16.2. The van der Waals surface area contributed by atoms with Crippen molar-refractivity contribution in [1.82, 2.24) is 10.2 Å². The smallest absolute Gasteiger partial charge is 0.225 e. The van der Waals surface area contributed by atoms with Crippen LogP contribution in [0.25, 0.3) is 0 Å². The minimum absolute atomic E-state index is 0.0188. The minimum atomic E-state index is -0.222. The maximum atomic E-state index is 12.4. The van der Waals surface area contributed by atoms with E-state index in [4.69, 9.17) is 0 Å². The maximum Gasteiger partial charge on any atom is 0.225 e. The third-order valence-corrected chi connectivity index (χ3v) is 4.65. The molecule has 1 aromatic rings. The fourth-order valence-corrected chi connectivity index (χ4v) is 3.06. The molecule has 0 aromatic heterocycles. The van der Waals surface area contributed by atoms with Gasteiger partial charge in [0.1, 0.15) is 0 Å². The molecule has 4 heteroatoms. The number of hydrogen-bond acceptors (Lipinski definition) is 2. The fourth-order valence-electron chi connectivity index (χ4n) is 3.06. The number of benzene rings is 1.